The molecule has 0 radical (unpaired) electrons. The molecule has 0 amide bonds. The molecular weight excluding hydrogens is 216 g/mol. The molecule has 0 aliphatic heterocycles. The summed E-state index contributed by atoms with van der Waals surface area (Å²) >= 11 is 0.408. The van der Waals surface area contributed by atoms with Crippen molar-refractivity contribution in [2.75, 3.05) is 0 Å². The summed E-state index contributed by atoms with van der Waals surface area (Å²) in [6, 6.07) is 0. The Morgan fingerprint density at radius 3 is 2.00 bits per heavy atom. The molecule has 0 bridgehead atoms. The lowest BCUT2D eigenvalue weighted by Gasteiger charge is -2.02. The summed E-state index contributed by atoms with van der Waals surface area (Å²) in [6.07, 6.45) is -4.26. The summed E-state index contributed by atoms with van der Waals surface area (Å²) < 4.78 is 48.7. The minimum atomic E-state index is -4.55. The molecule has 0 fully saturated rings. The molecule has 0 saturated heterocycles. The monoisotopic (exact) mass is 228 g/mol. The van der Waals surface area contributed by atoms with Crippen LogP contribution >= 0.6 is 11.3 Å². The van der Waals surface area contributed by atoms with Crippen molar-refractivity contribution in [2.45, 2.75) is 33.4 Å². The Bertz CT molecular complexity index is 275. The highest BCUT2D eigenvalue weighted by Gasteiger charge is 2.36. The van der Waals surface area contributed by atoms with Gasteiger partial charge in [0.05, 0.1) is 0 Å². The number of halogens is 4. The van der Waals surface area contributed by atoms with Gasteiger partial charge in [0.15, 0.2) is 0 Å². The third-order valence-electron chi connectivity index (χ3n) is 1.44. The van der Waals surface area contributed by atoms with Gasteiger partial charge in [-0.25, -0.2) is 4.39 Å². The van der Waals surface area contributed by atoms with Gasteiger partial charge in [0, 0.05) is 0 Å². The number of rotatable bonds is 1. The summed E-state index contributed by atoms with van der Waals surface area (Å²) in [5.41, 5.74) is 0.132. The highest BCUT2D eigenvalue weighted by molar-refractivity contribution is 7.10. The van der Waals surface area contributed by atoms with Crippen molar-refractivity contribution in [1.29, 1.82) is 0 Å². The zero-order valence-corrected chi connectivity index (χ0v) is 9.02. The van der Waals surface area contributed by atoms with Gasteiger partial charge in [-0.05, 0) is 17.4 Å². The Balaban J connectivity index is 0.000000791. The average Bonchev–Trinajstić information content (AvgIpc) is 2.49. The first-order valence-corrected chi connectivity index (χ1v) is 5.17. The molecule has 0 aliphatic carbocycles. The Labute approximate surface area is 84.6 Å². The lowest BCUT2D eigenvalue weighted by atomic mass is 10.2. The molecule has 0 saturated carbocycles. The molecule has 1 aromatic heterocycles. The summed E-state index contributed by atoms with van der Waals surface area (Å²) in [5.74, 6) is -1.12. The van der Waals surface area contributed by atoms with Crippen LogP contribution < -0.4 is 0 Å². The molecule has 0 unspecified atom stereocenters. The lowest BCUT2D eigenvalue weighted by molar-refractivity contribution is -0.136. The van der Waals surface area contributed by atoms with Crippen LogP contribution in [0.1, 0.15) is 31.2 Å². The van der Waals surface area contributed by atoms with Gasteiger partial charge < -0.3 is 0 Å². The van der Waals surface area contributed by atoms with E-state index in [1.165, 1.54) is 5.38 Å². The normalized spacial score (nSPS) is 10.8. The van der Waals surface area contributed by atoms with Crippen LogP contribution in [0.15, 0.2) is 5.38 Å². The van der Waals surface area contributed by atoms with E-state index in [0.29, 0.717) is 17.8 Å². The molecule has 5 heteroatoms. The van der Waals surface area contributed by atoms with Gasteiger partial charge in [-0.1, -0.05) is 20.8 Å². The van der Waals surface area contributed by atoms with E-state index in [9.17, 15) is 17.6 Å². The van der Waals surface area contributed by atoms with E-state index >= 15 is 0 Å². The van der Waals surface area contributed by atoms with Gasteiger partial charge >= 0.3 is 6.18 Å². The second-order valence-electron chi connectivity index (χ2n) is 2.26. The summed E-state index contributed by atoms with van der Waals surface area (Å²) in [4.78, 5) is -1.13. The van der Waals surface area contributed by atoms with Crippen molar-refractivity contribution in [3.05, 3.63) is 21.6 Å². The van der Waals surface area contributed by atoms with Gasteiger partial charge in [-0.3, -0.25) is 0 Å². The number of hydrogen-bond acceptors (Lipinski definition) is 1. The van der Waals surface area contributed by atoms with Crippen molar-refractivity contribution < 1.29 is 17.6 Å². The van der Waals surface area contributed by atoms with Gasteiger partial charge in [0.25, 0.3) is 0 Å². The fourth-order valence-electron chi connectivity index (χ4n) is 0.809. The molecule has 0 N–H and O–H groups in total. The minimum Gasteiger partial charge on any atom is -0.205 e. The first-order chi connectivity index (χ1) is 6.46. The van der Waals surface area contributed by atoms with Gasteiger partial charge in [0.2, 0.25) is 0 Å². The topological polar surface area (TPSA) is 0 Å². The van der Waals surface area contributed by atoms with Crippen molar-refractivity contribution in [3.63, 3.8) is 0 Å². The largest absolute Gasteiger partial charge is 0.428 e. The molecular formula is C9H12F4S. The molecule has 14 heavy (non-hydrogen) atoms. The van der Waals surface area contributed by atoms with Crippen molar-refractivity contribution in [1.82, 2.24) is 0 Å². The van der Waals surface area contributed by atoms with E-state index < -0.39 is 16.9 Å². The van der Waals surface area contributed by atoms with E-state index in [4.69, 9.17) is 0 Å². The first-order valence-electron chi connectivity index (χ1n) is 4.30. The smallest absolute Gasteiger partial charge is 0.205 e. The zero-order valence-electron chi connectivity index (χ0n) is 8.20. The number of aryl methyl sites for hydroxylation is 1. The maximum atomic E-state index is 12.8. The fraction of sp³-hybridized carbons (Fsp3) is 0.556. The van der Waals surface area contributed by atoms with Crippen LogP contribution in [-0.4, -0.2) is 0 Å². The standard InChI is InChI=1S/C7H6F4S.C2H6/c1-2-4-3-12-6(5(4)8)7(9,10)11;1-2/h3H,2H2,1H3;1-2H3. The second kappa shape index (κ2) is 5.34. The van der Waals surface area contributed by atoms with Crippen molar-refractivity contribution in [2.24, 2.45) is 0 Å². The summed E-state index contributed by atoms with van der Waals surface area (Å²) in [7, 11) is 0. The zero-order chi connectivity index (χ0) is 11.4. The Kier molecular flexibility index (Phi) is 5.12. The highest BCUT2D eigenvalue weighted by Crippen LogP contribution is 2.36. The third-order valence-corrected chi connectivity index (χ3v) is 2.49. The first kappa shape index (κ1) is 13.4. The van der Waals surface area contributed by atoms with E-state index in [-0.39, 0.29) is 5.56 Å². The highest BCUT2D eigenvalue weighted by atomic mass is 32.1. The maximum Gasteiger partial charge on any atom is 0.428 e. The van der Waals surface area contributed by atoms with Crippen LogP contribution in [0.3, 0.4) is 0 Å². The van der Waals surface area contributed by atoms with Crippen LogP contribution in [0.4, 0.5) is 17.6 Å². The van der Waals surface area contributed by atoms with E-state index in [1.807, 2.05) is 13.8 Å². The average molecular weight is 228 g/mol. The van der Waals surface area contributed by atoms with Gasteiger partial charge in [0.1, 0.15) is 10.7 Å². The van der Waals surface area contributed by atoms with Crippen molar-refractivity contribution >= 4 is 11.3 Å². The van der Waals surface area contributed by atoms with Crippen LogP contribution in [0.2, 0.25) is 0 Å². The summed E-state index contributed by atoms with van der Waals surface area (Å²) in [5, 5.41) is 1.21. The maximum absolute atomic E-state index is 12.8. The van der Waals surface area contributed by atoms with Crippen LogP contribution in [0.25, 0.3) is 0 Å². The van der Waals surface area contributed by atoms with Crippen LogP contribution in [0, 0.1) is 5.82 Å². The Morgan fingerprint density at radius 2 is 1.79 bits per heavy atom. The molecule has 82 valence electrons. The lowest BCUT2D eigenvalue weighted by Crippen LogP contribution is -2.04. The predicted molar refractivity (Wildman–Crippen MR) is 50.0 cm³/mol. The van der Waals surface area contributed by atoms with Gasteiger partial charge in [-0.2, -0.15) is 13.2 Å². The molecule has 1 rings (SSSR count). The molecule has 1 heterocycles. The second-order valence-corrected chi connectivity index (χ2v) is 3.14. The predicted octanol–water partition coefficient (Wildman–Crippen LogP) is 4.49. The summed E-state index contributed by atoms with van der Waals surface area (Å²) in [6.45, 7) is 5.62. The quantitative estimate of drug-likeness (QED) is 0.621. The SMILES string of the molecule is CC.CCc1csc(C(F)(F)F)c1F. The van der Waals surface area contributed by atoms with Crippen molar-refractivity contribution in [3.8, 4) is 0 Å². The van der Waals surface area contributed by atoms with E-state index in [0.717, 1.165) is 0 Å². The molecule has 0 atom stereocenters. The molecule has 0 nitrogen and oxygen atoms in total. The Morgan fingerprint density at radius 1 is 1.29 bits per heavy atom. The number of thiophene rings is 1. The molecule has 0 spiro atoms. The van der Waals surface area contributed by atoms with Crippen LogP contribution in [-0.2, 0) is 12.6 Å². The molecule has 1 aromatic rings. The molecule has 0 aliphatic rings. The van der Waals surface area contributed by atoms with E-state index in [2.05, 4.69) is 0 Å². The third kappa shape index (κ3) is 2.97. The van der Waals surface area contributed by atoms with E-state index in [1.54, 1.807) is 6.92 Å². The number of hydrogen-bond donors (Lipinski definition) is 0. The molecule has 0 aromatic carbocycles. The van der Waals surface area contributed by atoms with Gasteiger partial charge in [-0.15, -0.1) is 11.3 Å². The number of alkyl halides is 3. The Hall–Kier alpha value is -0.580. The van der Waals surface area contributed by atoms with Crippen LogP contribution in [0.5, 0.6) is 0 Å². The fourth-order valence-corrected chi connectivity index (χ4v) is 1.71. The minimum absolute atomic E-state index is 0.132.